The number of hydrogen-bond acceptors (Lipinski definition) is 10. The highest BCUT2D eigenvalue weighted by molar-refractivity contribution is 5.91. The summed E-state index contributed by atoms with van der Waals surface area (Å²) < 4.78 is 0. The van der Waals surface area contributed by atoms with Gasteiger partial charge in [-0.05, 0) is 0 Å². The van der Waals surface area contributed by atoms with Crippen LogP contribution in [0.4, 0.5) is 0 Å². The number of ketones is 1. The van der Waals surface area contributed by atoms with E-state index in [9.17, 15) is 25.2 Å². The van der Waals surface area contributed by atoms with Gasteiger partial charge in [-0.3, -0.25) is 4.79 Å². The molecule has 114 valence electrons. The van der Waals surface area contributed by atoms with Crippen molar-refractivity contribution in [3.05, 3.63) is 0 Å². The molecular weight excluding hydrogens is 268 g/mol. The number of carbonyl (C=O) groups is 1. The fraction of sp³-hybridized carbons (Fsp3) is 0.889. The minimum Gasteiger partial charge on any atom is -0.357 e. The van der Waals surface area contributed by atoms with Crippen LogP contribution in [0.25, 0.3) is 0 Å². The molecular formula is C9H18O10. The molecule has 0 saturated carbocycles. The summed E-state index contributed by atoms with van der Waals surface area (Å²) in [5, 5.41) is 81.3. The van der Waals surface area contributed by atoms with Crippen molar-refractivity contribution < 1.29 is 50.8 Å². The van der Waals surface area contributed by atoms with E-state index in [-0.39, 0.29) is 0 Å². The van der Waals surface area contributed by atoms with E-state index in [0.29, 0.717) is 0 Å². The van der Waals surface area contributed by atoms with Gasteiger partial charge in [-0.15, -0.1) is 0 Å². The van der Waals surface area contributed by atoms with Crippen molar-refractivity contribution in [2.75, 3.05) is 0 Å². The van der Waals surface area contributed by atoms with Gasteiger partial charge in [-0.25, -0.2) is 0 Å². The van der Waals surface area contributed by atoms with Crippen molar-refractivity contribution in [2.45, 2.75) is 44.1 Å². The van der Waals surface area contributed by atoms with Crippen molar-refractivity contribution in [1.82, 2.24) is 0 Å². The van der Waals surface area contributed by atoms with E-state index in [0.717, 1.165) is 20.8 Å². The maximum absolute atomic E-state index is 11.6. The molecule has 10 heteroatoms. The molecule has 0 aromatic carbocycles. The minimum absolute atomic E-state index is 1.13. The fourth-order valence-electron chi connectivity index (χ4n) is 1.16. The SMILES string of the molecule is CC(C)(C)C(=O)C(O)(O)C(O)(O)C(O)(O)C(O)(O)O. The van der Waals surface area contributed by atoms with Crippen molar-refractivity contribution >= 4 is 5.78 Å². The van der Waals surface area contributed by atoms with Gasteiger partial charge in [0.25, 0.3) is 11.6 Å². The topological polar surface area (TPSA) is 199 Å². The summed E-state index contributed by atoms with van der Waals surface area (Å²) in [6.07, 6.45) is 0. The fourth-order valence-corrected chi connectivity index (χ4v) is 1.16. The van der Waals surface area contributed by atoms with Gasteiger partial charge in [-0.2, -0.15) is 0 Å². The van der Waals surface area contributed by atoms with Crippen LogP contribution in [0.2, 0.25) is 0 Å². The molecule has 0 amide bonds. The average molecular weight is 286 g/mol. The number of hydrogen-bond donors (Lipinski definition) is 9. The maximum Gasteiger partial charge on any atom is 0.338 e. The second kappa shape index (κ2) is 4.41. The summed E-state index contributed by atoms with van der Waals surface area (Å²) >= 11 is 0. The van der Waals surface area contributed by atoms with Crippen LogP contribution in [0.3, 0.4) is 0 Å². The Morgan fingerprint density at radius 1 is 0.684 bits per heavy atom. The van der Waals surface area contributed by atoms with E-state index in [1.807, 2.05) is 0 Å². The summed E-state index contributed by atoms with van der Waals surface area (Å²) in [6.45, 7) is 3.40. The number of rotatable bonds is 4. The van der Waals surface area contributed by atoms with Gasteiger partial charge in [0, 0.05) is 5.41 Å². The second-order valence-corrected chi connectivity index (χ2v) is 5.23. The molecule has 9 N–H and O–H groups in total. The standard InChI is InChI=1S/C9H18O10/c1-5(2,3)4(10)6(11,12)7(13,14)8(15,16)9(17,18)19/h11-19H,1-3H3. The number of aliphatic hydroxyl groups is 9. The molecule has 0 aliphatic rings. The monoisotopic (exact) mass is 286 g/mol. The normalized spacial score (nSPS) is 15.6. The van der Waals surface area contributed by atoms with Crippen LogP contribution in [-0.2, 0) is 4.79 Å². The summed E-state index contributed by atoms with van der Waals surface area (Å²) in [6, 6.07) is 0. The predicted octanol–water partition coefficient (Wildman–Crippen LogP) is -4.72. The second-order valence-electron chi connectivity index (χ2n) is 5.23. The Balaban J connectivity index is 5.86. The van der Waals surface area contributed by atoms with Gasteiger partial charge >= 0.3 is 11.8 Å². The predicted molar refractivity (Wildman–Crippen MR) is 55.4 cm³/mol. The molecule has 0 saturated heterocycles. The average Bonchev–Trinajstić information content (AvgIpc) is 2.12. The molecule has 0 aliphatic heterocycles. The summed E-state index contributed by atoms with van der Waals surface area (Å²) in [4.78, 5) is 11.6. The third-order valence-electron chi connectivity index (χ3n) is 2.44. The number of carbonyl (C=O) groups excluding carboxylic acids is 1. The molecule has 19 heavy (non-hydrogen) atoms. The van der Waals surface area contributed by atoms with Crippen LogP contribution in [0, 0.1) is 5.41 Å². The van der Waals surface area contributed by atoms with Crippen LogP contribution < -0.4 is 0 Å². The number of Topliss-reactive ketones (excluding diaryl/α,β-unsaturated/α-hetero) is 1. The largest absolute Gasteiger partial charge is 0.357 e. The minimum atomic E-state index is -4.68. The Bertz CT molecular complexity index is 356. The van der Waals surface area contributed by atoms with Gasteiger partial charge in [0.05, 0.1) is 0 Å². The maximum atomic E-state index is 11.6. The molecule has 0 unspecified atom stereocenters. The van der Waals surface area contributed by atoms with E-state index < -0.39 is 34.5 Å². The molecule has 0 heterocycles. The van der Waals surface area contributed by atoms with Crippen LogP contribution in [0.1, 0.15) is 20.8 Å². The first-order valence-electron chi connectivity index (χ1n) is 4.97. The van der Waals surface area contributed by atoms with Gasteiger partial charge in [0.15, 0.2) is 0 Å². The third kappa shape index (κ3) is 2.76. The van der Waals surface area contributed by atoms with E-state index >= 15 is 0 Å². The molecule has 0 atom stereocenters. The zero-order chi connectivity index (χ0) is 16.1. The lowest BCUT2D eigenvalue weighted by atomic mass is 9.79. The molecule has 0 radical (unpaired) electrons. The molecule has 0 fully saturated rings. The van der Waals surface area contributed by atoms with E-state index in [2.05, 4.69) is 0 Å². The van der Waals surface area contributed by atoms with Crippen molar-refractivity contribution in [2.24, 2.45) is 5.41 Å². The lowest BCUT2D eigenvalue weighted by molar-refractivity contribution is -0.537. The van der Waals surface area contributed by atoms with Crippen LogP contribution >= 0.6 is 0 Å². The van der Waals surface area contributed by atoms with Crippen LogP contribution in [-0.4, -0.2) is 75.1 Å². The molecule has 0 aromatic heterocycles. The lowest BCUT2D eigenvalue weighted by Gasteiger charge is -2.45. The summed E-state index contributed by atoms with van der Waals surface area (Å²) in [5.74, 6) is -19.8. The zero-order valence-corrected chi connectivity index (χ0v) is 10.4. The smallest absolute Gasteiger partial charge is 0.338 e. The van der Waals surface area contributed by atoms with Crippen molar-refractivity contribution in [3.8, 4) is 0 Å². The first kappa shape index (κ1) is 18.3. The van der Waals surface area contributed by atoms with Crippen LogP contribution in [0.15, 0.2) is 0 Å². The Kier molecular flexibility index (Phi) is 4.25. The van der Waals surface area contributed by atoms with Gasteiger partial charge in [-0.1, -0.05) is 20.8 Å². The first-order chi connectivity index (χ1) is 7.90. The Hall–Kier alpha value is -0.690. The molecule has 10 nitrogen and oxygen atoms in total. The lowest BCUT2D eigenvalue weighted by Crippen LogP contribution is -2.78. The molecule has 0 spiro atoms. The van der Waals surface area contributed by atoms with Crippen molar-refractivity contribution in [3.63, 3.8) is 0 Å². The quantitative estimate of drug-likeness (QED) is 0.226. The molecule has 0 aromatic rings. The Labute approximate surface area is 107 Å². The first-order valence-corrected chi connectivity index (χ1v) is 4.97. The zero-order valence-electron chi connectivity index (χ0n) is 10.4. The van der Waals surface area contributed by atoms with Gasteiger partial charge in [0.2, 0.25) is 5.78 Å². The van der Waals surface area contributed by atoms with E-state index in [4.69, 9.17) is 25.5 Å². The molecule has 0 bridgehead atoms. The molecule has 0 rings (SSSR count). The van der Waals surface area contributed by atoms with E-state index in [1.165, 1.54) is 0 Å². The highest BCUT2D eigenvalue weighted by Gasteiger charge is 2.73. The summed E-state index contributed by atoms with van der Waals surface area (Å²) in [5.41, 5.74) is -1.58. The van der Waals surface area contributed by atoms with Gasteiger partial charge < -0.3 is 46.0 Å². The molecule has 0 aliphatic carbocycles. The highest BCUT2D eigenvalue weighted by atomic mass is 16.8. The highest BCUT2D eigenvalue weighted by Crippen LogP contribution is 2.37. The third-order valence-corrected chi connectivity index (χ3v) is 2.44. The summed E-state index contributed by atoms with van der Waals surface area (Å²) in [7, 11) is 0. The van der Waals surface area contributed by atoms with E-state index in [1.54, 1.807) is 0 Å². The van der Waals surface area contributed by atoms with Gasteiger partial charge in [0.1, 0.15) is 0 Å². The van der Waals surface area contributed by atoms with Crippen LogP contribution in [0.5, 0.6) is 0 Å². The Morgan fingerprint density at radius 2 is 1.00 bits per heavy atom. The van der Waals surface area contributed by atoms with Crippen molar-refractivity contribution in [1.29, 1.82) is 0 Å². The Morgan fingerprint density at radius 3 is 1.21 bits per heavy atom.